The molecule has 0 radical (unpaired) electrons. The molecule has 0 aliphatic carbocycles. The second kappa shape index (κ2) is 8.16. The van der Waals surface area contributed by atoms with Gasteiger partial charge in [-0.25, -0.2) is 0 Å². The van der Waals surface area contributed by atoms with Crippen LogP contribution in [0.5, 0.6) is 0 Å². The molecule has 108 valence electrons. The highest BCUT2D eigenvalue weighted by Gasteiger charge is 2.32. The first kappa shape index (κ1) is 16.0. The first-order chi connectivity index (χ1) is 8.67. The van der Waals surface area contributed by atoms with Crippen LogP contribution in [0.1, 0.15) is 72.6 Å². The molecule has 0 spiro atoms. The van der Waals surface area contributed by atoms with E-state index in [2.05, 4.69) is 37.9 Å². The van der Waals surface area contributed by atoms with Crippen LogP contribution in [0.3, 0.4) is 0 Å². The SMILES string of the molecule is CCCCCCN1CC(CC)(CC)NCCC1C. The Morgan fingerprint density at radius 2 is 1.83 bits per heavy atom. The summed E-state index contributed by atoms with van der Waals surface area (Å²) < 4.78 is 0. The van der Waals surface area contributed by atoms with Crippen molar-refractivity contribution in [3.05, 3.63) is 0 Å². The van der Waals surface area contributed by atoms with Gasteiger partial charge in [0, 0.05) is 18.1 Å². The predicted molar refractivity (Wildman–Crippen MR) is 81.1 cm³/mol. The third-order valence-corrected chi connectivity index (χ3v) is 4.84. The molecule has 0 aromatic heterocycles. The zero-order valence-electron chi connectivity index (χ0n) is 13.1. The van der Waals surface area contributed by atoms with Crippen molar-refractivity contribution in [2.45, 2.75) is 84.2 Å². The quantitative estimate of drug-likeness (QED) is 0.695. The van der Waals surface area contributed by atoms with Crippen LogP contribution in [-0.4, -0.2) is 36.1 Å². The van der Waals surface area contributed by atoms with Gasteiger partial charge < -0.3 is 5.32 Å². The van der Waals surface area contributed by atoms with Gasteiger partial charge in [0.25, 0.3) is 0 Å². The molecule has 1 unspecified atom stereocenters. The lowest BCUT2D eigenvalue weighted by Gasteiger charge is -2.37. The average Bonchev–Trinajstić information content (AvgIpc) is 2.55. The highest BCUT2D eigenvalue weighted by molar-refractivity contribution is 4.93. The molecule has 1 fully saturated rings. The Morgan fingerprint density at radius 3 is 2.44 bits per heavy atom. The average molecular weight is 254 g/mol. The van der Waals surface area contributed by atoms with Crippen LogP contribution in [-0.2, 0) is 0 Å². The molecule has 0 aromatic carbocycles. The van der Waals surface area contributed by atoms with Crippen LogP contribution >= 0.6 is 0 Å². The minimum absolute atomic E-state index is 0.371. The van der Waals surface area contributed by atoms with Crippen molar-refractivity contribution in [3.63, 3.8) is 0 Å². The molecule has 2 nitrogen and oxygen atoms in total. The third kappa shape index (κ3) is 4.55. The third-order valence-electron chi connectivity index (χ3n) is 4.84. The lowest BCUT2D eigenvalue weighted by atomic mass is 9.92. The number of hydrogen-bond acceptors (Lipinski definition) is 2. The Labute approximate surface area is 115 Å². The van der Waals surface area contributed by atoms with E-state index in [0.29, 0.717) is 5.54 Å². The zero-order chi connectivity index (χ0) is 13.4. The maximum absolute atomic E-state index is 3.81. The van der Waals surface area contributed by atoms with E-state index in [4.69, 9.17) is 0 Å². The van der Waals surface area contributed by atoms with Gasteiger partial charge in [-0.05, 0) is 45.7 Å². The van der Waals surface area contributed by atoms with Gasteiger partial charge in [-0.1, -0.05) is 40.0 Å². The largest absolute Gasteiger partial charge is 0.310 e. The van der Waals surface area contributed by atoms with Gasteiger partial charge in [0.1, 0.15) is 0 Å². The maximum Gasteiger partial charge on any atom is 0.0303 e. The molecule has 0 amide bonds. The molecule has 1 heterocycles. The molecule has 0 saturated carbocycles. The monoisotopic (exact) mass is 254 g/mol. The van der Waals surface area contributed by atoms with Crippen LogP contribution in [0.25, 0.3) is 0 Å². The second-order valence-electron chi connectivity index (χ2n) is 6.08. The van der Waals surface area contributed by atoms with Crippen molar-refractivity contribution in [1.29, 1.82) is 0 Å². The van der Waals surface area contributed by atoms with Gasteiger partial charge in [-0.2, -0.15) is 0 Å². The first-order valence-corrected chi connectivity index (χ1v) is 8.16. The Hall–Kier alpha value is -0.0800. The summed E-state index contributed by atoms with van der Waals surface area (Å²) in [5.74, 6) is 0. The number of rotatable bonds is 7. The molecule has 1 N–H and O–H groups in total. The summed E-state index contributed by atoms with van der Waals surface area (Å²) in [4.78, 5) is 2.74. The molecule has 1 saturated heterocycles. The summed E-state index contributed by atoms with van der Waals surface area (Å²) in [6.45, 7) is 13.1. The van der Waals surface area contributed by atoms with E-state index in [1.165, 1.54) is 64.6 Å². The fourth-order valence-electron chi connectivity index (χ4n) is 3.09. The predicted octanol–water partition coefficient (Wildman–Crippen LogP) is 3.81. The minimum atomic E-state index is 0.371. The maximum atomic E-state index is 3.81. The second-order valence-corrected chi connectivity index (χ2v) is 6.08. The highest BCUT2D eigenvalue weighted by Crippen LogP contribution is 2.22. The Morgan fingerprint density at radius 1 is 1.11 bits per heavy atom. The van der Waals surface area contributed by atoms with Crippen LogP contribution < -0.4 is 5.32 Å². The van der Waals surface area contributed by atoms with Gasteiger partial charge in [-0.3, -0.25) is 4.90 Å². The van der Waals surface area contributed by atoms with Crippen molar-refractivity contribution in [2.75, 3.05) is 19.6 Å². The highest BCUT2D eigenvalue weighted by atomic mass is 15.2. The summed E-state index contributed by atoms with van der Waals surface area (Å²) in [5.41, 5.74) is 0.371. The lowest BCUT2D eigenvalue weighted by molar-refractivity contribution is 0.157. The standard InChI is InChI=1S/C16H34N2/c1-5-8-9-10-13-18-14-16(6-2,7-3)17-12-11-15(18)4/h15,17H,5-14H2,1-4H3. The Bertz CT molecular complexity index is 211. The fraction of sp³-hybridized carbons (Fsp3) is 1.00. The van der Waals surface area contributed by atoms with Crippen LogP contribution in [0, 0.1) is 0 Å². The molecule has 1 aliphatic heterocycles. The zero-order valence-corrected chi connectivity index (χ0v) is 13.1. The molecule has 1 atom stereocenters. The summed E-state index contributed by atoms with van der Waals surface area (Å²) in [7, 11) is 0. The van der Waals surface area contributed by atoms with Crippen LogP contribution in [0.15, 0.2) is 0 Å². The van der Waals surface area contributed by atoms with E-state index in [-0.39, 0.29) is 0 Å². The van der Waals surface area contributed by atoms with Crippen molar-refractivity contribution in [1.82, 2.24) is 10.2 Å². The van der Waals surface area contributed by atoms with Crippen molar-refractivity contribution >= 4 is 0 Å². The number of nitrogens with one attached hydrogen (secondary N) is 1. The van der Waals surface area contributed by atoms with Gasteiger partial charge in [0.2, 0.25) is 0 Å². The van der Waals surface area contributed by atoms with E-state index in [9.17, 15) is 0 Å². The van der Waals surface area contributed by atoms with E-state index in [1.54, 1.807) is 0 Å². The van der Waals surface area contributed by atoms with Gasteiger partial charge in [-0.15, -0.1) is 0 Å². The normalized spacial score (nSPS) is 25.0. The summed E-state index contributed by atoms with van der Waals surface area (Å²) in [5, 5.41) is 3.81. The molecule has 2 heteroatoms. The Balaban J connectivity index is 2.50. The number of unbranched alkanes of at least 4 members (excludes halogenated alkanes) is 3. The van der Waals surface area contributed by atoms with Crippen LogP contribution in [0.2, 0.25) is 0 Å². The smallest absolute Gasteiger partial charge is 0.0303 e. The molecule has 0 bridgehead atoms. The summed E-state index contributed by atoms with van der Waals surface area (Å²) >= 11 is 0. The van der Waals surface area contributed by atoms with Gasteiger partial charge >= 0.3 is 0 Å². The molecule has 1 aliphatic rings. The van der Waals surface area contributed by atoms with E-state index < -0.39 is 0 Å². The first-order valence-electron chi connectivity index (χ1n) is 8.16. The fourth-order valence-corrected chi connectivity index (χ4v) is 3.09. The minimum Gasteiger partial charge on any atom is -0.310 e. The molecule has 0 aromatic rings. The van der Waals surface area contributed by atoms with Crippen molar-refractivity contribution in [3.8, 4) is 0 Å². The molecule has 1 rings (SSSR count). The topological polar surface area (TPSA) is 15.3 Å². The van der Waals surface area contributed by atoms with Crippen molar-refractivity contribution < 1.29 is 0 Å². The lowest BCUT2D eigenvalue weighted by Crippen LogP contribution is -2.51. The van der Waals surface area contributed by atoms with Gasteiger partial charge in [0.05, 0.1) is 0 Å². The van der Waals surface area contributed by atoms with E-state index in [1.807, 2.05) is 0 Å². The molecular formula is C16H34N2. The summed E-state index contributed by atoms with van der Waals surface area (Å²) in [6, 6.07) is 0.749. The molecular weight excluding hydrogens is 220 g/mol. The number of hydrogen-bond donors (Lipinski definition) is 1. The van der Waals surface area contributed by atoms with E-state index in [0.717, 1.165) is 6.04 Å². The number of nitrogens with zero attached hydrogens (tertiary/aromatic N) is 1. The van der Waals surface area contributed by atoms with E-state index >= 15 is 0 Å². The summed E-state index contributed by atoms with van der Waals surface area (Å²) in [6.07, 6.45) is 9.32. The molecule has 18 heavy (non-hydrogen) atoms. The Kier molecular flexibility index (Phi) is 7.25. The van der Waals surface area contributed by atoms with Crippen molar-refractivity contribution in [2.24, 2.45) is 0 Å². The van der Waals surface area contributed by atoms with Crippen LogP contribution in [0.4, 0.5) is 0 Å². The van der Waals surface area contributed by atoms with Gasteiger partial charge in [0.15, 0.2) is 0 Å².